The largest absolute Gasteiger partial charge is 0.548 e. The van der Waals surface area contributed by atoms with Gasteiger partial charge in [-0.25, -0.2) is 0 Å². The topological polar surface area (TPSA) is 119 Å². The summed E-state index contributed by atoms with van der Waals surface area (Å²) < 4.78 is 0. The minimum absolute atomic E-state index is 0.0495. The third-order valence-corrected chi connectivity index (χ3v) is 3.13. The number of benzene rings is 2. The van der Waals surface area contributed by atoms with Crippen LogP contribution in [0.25, 0.3) is 6.08 Å². The van der Waals surface area contributed by atoms with Crippen molar-refractivity contribution in [2.75, 3.05) is 6.54 Å². The van der Waals surface area contributed by atoms with Crippen molar-refractivity contribution in [3.05, 3.63) is 71.4 Å². The first kappa shape index (κ1) is 17.7. The van der Waals surface area contributed by atoms with Gasteiger partial charge in [-0.15, -0.1) is 0 Å². The van der Waals surface area contributed by atoms with Crippen molar-refractivity contribution in [2.24, 2.45) is 0 Å². The van der Waals surface area contributed by atoms with Crippen LogP contribution in [0, 0.1) is 0 Å². The number of hydrogen-bond acceptors (Lipinski definition) is 5. The molecule has 0 radical (unpaired) electrons. The average Bonchev–Trinajstić information content (AvgIpc) is 2.61. The van der Waals surface area contributed by atoms with Gasteiger partial charge in [0.25, 0.3) is 11.8 Å². The summed E-state index contributed by atoms with van der Waals surface area (Å²) in [6.45, 7) is -0.688. The lowest BCUT2D eigenvalue weighted by Crippen LogP contribution is -2.41. The van der Waals surface area contributed by atoms with E-state index in [2.05, 4.69) is 10.6 Å². The second kappa shape index (κ2) is 8.30. The number of aromatic hydroxyl groups is 1. The van der Waals surface area contributed by atoms with Crippen LogP contribution >= 0.6 is 0 Å². The van der Waals surface area contributed by atoms with Crippen LogP contribution in [0.5, 0.6) is 5.75 Å². The first-order chi connectivity index (χ1) is 12.0. The summed E-state index contributed by atoms with van der Waals surface area (Å²) in [4.78, 5) is 34.9. The zero-order valence-corrected chi connectivity index (χ0v) is 13.1. The van der Waals surface area contributed by atoms with Crippen molar-refractivity contribution < 1.29 is 24.6 Å². The van der Waals surface area contributed by atoms with Gasteiger partial charge in [-0.1, -0.05) is 30.3 Å². The van der Waals surface area contributed by atoms with Gasteiger partial charge < -0.3 is 25.6 Å². The first-order valence-electron chi connectivity index (χ1n) is 7.31. The fourth-order valence-electron chi connectivity index (χ4n) is 1.93. The lowest BCUT2D eigenvalue weighted by Gasteiger charge is -2.11. The SMILES string of the molecule is O=C([O-])CNC(=O)/C(=C\c1ccc(O)cc1)NC(=O)c1ccccc1. The Morgan fingerprint density at radius 2 is 1.64 bits per heavy atom. The maximum atomic E-state index is 12.2. The van der Waals surface area contributed by atoms with Crippen LogP contribution < -0.4 is 15.7 Å². The highest BCUT2D eigenvalue weighted by Gasteiger charge is 2.14. The molecule has 3 N–H and O–H groups in total. The molecule has 2 aromatic rings. The van der Waals surface area contributed by atoms with E-state index in [0.717, 1.165) is 0 Å². The molecule has 0 atom stereocenters. The van der Waals surface area contributed by atoms with E-state index < -0.39 is 24.3 Å². The molecule has 0 aromatic heterocycles. The average molecular weight is 339 g/mol. The summed E-state index contributed by atoms with van der Waals surface area (Å²) in [5.41, 5.74) is 0.734. The summed E-state index contributed by atoms with van der Waals surface area (Å²) in [5.74, 6) is -2.70. The lowest BCUT2D eigenvalue weighted by molar-refractivity contribution is -0.303. The molecule has 2 rings (SSSR count). The molecule has 128 valence electrons. The Morgan fingerprint density at radius 1 is 1.00 bits per heavy atom. The molecule has 2 amide bonds. The van der Waals surface area contributed by atoms with Crippen molar-refractivity contribution in [3.63, 3.8) is 0 Å². The Kier molecular flexibility index (Phi) is 5.89. The highest BCUT2D eigenvalue weighted by atomic mass is 16.4. The first-order valence-corrected chi connectivity index (χ1v) is 7.31. The van der Waals surface area contributed by atoms with Crippen LogP contribution in [0.3, 0.4) is 0 Å². The minimum atomic E-state index is -1.45. The third kappa shape index (κ3) is 5.51. The zero-order chi connectivity index (χ0) is 18.2. The normalized spacial score (nSPS) is 10.8. The number of carbonyl (C=O) groups is 3. The second-order valence-electron chi connectivity index (χ2n) is 5.02. The molecule has 0 heterocycles. The molecular formula is C18H15N2O5-. The lowest BCUT2D eigenvalue weighted by atomic mass is 10.1. The molecule has 0 aliphatic carbocycles. The molecule has 25 heavy (non-hydrogen) atoms. The van der Waals surface area contributed by atoms with Crippen molar-refractivity contribution in [2.45, 2.75) is 0 Å². The number of phenolic OH excluding ortho intramolecular Hbond substituents is 1. The number of carboxylic acids is 1. The van der Waals surface area contributed by atoms with Gasteiger partial charge in [-0.05, 0) is 35.9 Å². The van der Waals surface area contributed by atoms with Crippen LogP contribution in [0.15, 0.2) is 60.3 Å². The van der Waals surface area contributed by atoms with E-state index in [-0.39, 0.29) is 11.4 Å². The van der Waals surface area contributed by atoms with E-state index in [1.54, 1.807) is 30.3 Å². The number of aliphatic carboxylic acids is 1. The van der Waals surface area contributed by atoms with E-state index in [1.807, 2.05) is 0 Å². The Morgan fingerprint density at radius 3 is 2.24 bits per heavy atom. The van der Waals surface area contributed by atoms with E-state index in [9.17, 15) is 24.6 Å². The van der Waals surface area contributed by atoms with Crippen LogP contribution in [0.4, 0.5) is 0 Å². The van der Waals surface area contributed by atoms with Gasteiger partial charge >= 0.3 is 0 Å². The number of carboxylic acid groups (broad SMARTS) is 1. The van der Waals surface area contributed by atoms with Gasteiger partial charge in [0.1, 0.15) is 11.4 Å². The molecule has 7 nitrogen and oxygen atoms in total. The number of hydrogen-bond donors (Lipinski definition) is 3. The fraction of sp³-hybridized carbons (Fsp3) is 0.0556. The molecule has 0 spiro atoms. The molecule has 2 aromatic carbocycles. The highest BCUT2D eigenvalue weighted by molar-refractivity contribution is 6.05. The van der Waals surface area contributed by atoms with Gasteiger partial charge in [0, 0.05) is 5.56 Å². The van der Waals surface area contributed by atoms with Gasteiger partial charge in [0.2, 0.25) is 0 Å². The summed E-state index contributed by atoms with van der Waals surface area (Å²) in [5, 5.41) is 24.4. The molecule has 7 heteroatoms. The number of rotatable bonds is 6. The van der Waals surface area contributed by atoms with E-state index in [1.165, 1.54) is 30.3 Å². The van der Waals surface area contributed by atoms with Crippen molar-refractivity contribution in [1.29, 1.82) is 0 Å². The van der Waals surface area contributed by atoms with Gasteiger partial charge in [-0.2, -0.15) is 0 Å². The van der Waals surface area contributed by atoms with Gasteiger partial charge in [0.05, 0.1) is 12.5 Å². The van der Waals surface area contributed by atoms with Crippen LogP contribution in [-0.4, -0.2) is 29.4 Å². The van der Waals surface area contributed by atoms with Crippen molar-refractivity contribution >= 4 is 23.9 Å². The van der Waals surface area contributed by atoms with Crippen molar-refractivity contribution in [1.82, 2.24) is 10.6 Å². The highest BCUT2D eigenvalue weighted by Crippen LogP contribution is 2.12. The molecule has 0 aliphatic heterocycles. The summed E-state index contributed by atoms with van der Waals surface area (Å²) in [6.07, 6.45) is 1.37. The fourth-order valence-corrected chi connectivity index (χ4v) is 1.93. The number of amides is 2. The number of nitrogens with one attached hydrogen (secondary N) is 2. The number of phenols is 1. The van der Waals surface area contributed by atoms with E-state index in [4.69, 9.17) is 0 Å². The maximum absolute atomic E-state index is 12.2. The van der Waals surface area contributed by atoms with Crippen LogP contribution in [-0.2, 0) is 9.59 Å². The van der Waals surface area contributed by atoms with Gasteiger partial charge in [0.15, 0.2) is 0 Å². The summed E-state index contributed by atoms with van der Waals surface area (Å²) in [7, 11) is 0. The minimum Gasteiger partial charge on any atom is -0.548 e. The molecule has 0 saturated heterocycles. The molecule has 0 bridgehead atoms. The van der Waals surface area contributed by atoms with Crippen LogP contribution in [0.1, 0.15) is 15.9 Å². The Balaban J connectivity index is 2.24. The molecular weight excluding hydrogens is 324 g/mol. The predicted octanol–water partition coefficient (Wildman–Crippen LogP) is 0.0292. The molecule has 0 unspecified atom stereocenters. The molecule has 0 fully saturated rings. The summed E-state index contributed by atoms with van der Waals surface area (Å²) >= 11 is 0. The monoisotopic (exact) mass is 339 g/mol. The van der Waals surface area contributed by atoms with Gasteiger partial charge in [-0.3, -0.25) is 9.59 Å². The van der Waals surface area contributed by atoms with Crippen molar-refractivity contribution in [3.8, 4) is 5.75 Å². The second-order valence-corrected chi connectivity index (χ2v) is 5.02. The Bertz CT molecular complexity index is 798. The molecule has 0 aliphatic rings. The van der Waals surface area contributed by atoms with E-state index in [0.29, 0.717) is 11.1 Å². The standard InChI is InChI=1S/C18H16N2O5/c21-14-8-6-12(7-9-14)10-15(18(25)19-11-16(22)23)20-17(24)13-4-2-1-3-5-13/h1-10,21H,11H2,(H,19,25)(H,20,24)(H,22,23)/p-1/b15-10+. The molecule has 0 saturated carbocycles. The zero-order valence-electron chi connectivity index (χ0n) is 13.1. The summed E-state index contributed by atoms with van der Waals surface area (Å²) in [6, 6.07) is 14.2. The maximum Gasteiger partial charge on any atom is 0.268 e. The Labute approximate surface area is 143 Å². The smallest absolute Gasteiger partial charge is 0.268 e. The Hall–Kier alpha value is -3.61. The predicted molar refractivity (Wildman–Crippen MR) is 88.0 cm³/mol. The number of carbonyl (C=O) groups excluding carboxylic acids is 3. The van der Waals surface area contributed by atoms with Crippen LogP contribution in [0.2, 0.25) is 0 Å². The third-order valence-electron chi connectivity index (χ3n) is 3.13. The quantitative estimate of drug-likeness (QED) is 0.642. The van der Waals surface area contributed by atoms with E-state index >= 15 is 0 Å².